The van der Waals surface area contributed by atoms with Crippen molar-refractivity contribution in [3.05, 3.63) is 60.2 Å². The van der Waals surface area contributed by atoms with E-state index < -0.39 is 5.97 Å². The first-order valence-electron chi connectivity index (χ1n) is 7.82. The van der Waals surface area contributed by atoms with Crippen LogP contribution in [0.1, 0.15) is 12.0 Å². The van der Waals surface area contributed by atoms with Gasteiger partial charge in [-0.1, -0.05) is 54.6 Å². The van der Waals surface area contributed by atoms with E-state index in [0.29, 0.717) is 6.42 Å². The maximum absolute atomic E-state index is 11.6. The normalized spacial score (nSPS) is 19.0. The van der Waals surface area contributed by atoms with Gasteiger partial charge in [-0.2, -0.15) is 0 Å². The predicted octanol–water partition coefficient (Wildman–Crippen LogP) is 3.21. The van der Waals surface area contributed by atoms with Crippen molar-refractivity contribution in [3.63, 3.8) is 0 Å². The third-order valence-electron chi connectivity index (χ3n) is 4.47. The van der Waals surface area contributed by atoms with Crippen molar-refractivity contribution in [2.75, 3.05) is 13.1 Å². The summed E-state index contributed by atoms with van der Waals surface area (Å²) in [6.45, 7) is 1.74. The number of carboxylic acids is 1. The van der Waals surface area contributed by atoms with E-state index in [1.165, 1.54) is 5.56 Å². The standard InChI is InChI=1S/C19H21NO2/c21-19(22)18(17-9-10-20-13-17)12-14-5-4-8-16(11-14)15-6-2-1-3-7-15/h1-8,11,17-18,20H,9-10,12-13H2,(H,21,22)/t17-,18-/m0/s1. The van der Waals surface area contributed by atoms with Crippen LogP contribution in [0.3, 0.4) is 0 Å². The van der Waals surface area contributed by atoms with Crippen molar-refractivity contribution in [2.45, 2.75) is 12.8 Å². The third-order valence-corrected chi connectivity index (χ3v) is 4.47. The van der Waals surface area contributed by atoms with Crippen LogP contribution >= 0.6 is 0 Å². The molecule has 0 radical (unpaired) electrons. The summed E-state index contributed by atoms with van der Waals surface area (Å²) in [4.78, 5) is 11.6. The third kappa shape index (κ3) is 3.37. The molecule has 0 amide bonds. The lowest BCUT2D eigenvalue weighted by atomic mass is 9.85. The molecule has 1 heterocycles. The summed E-state index contributed by atoms with van der Waals surface area (Å²) in [5, 5.41) is 12.8. The molecule has 1 aliphatic rings. The van der Waals surface area contributed by atoms with Crippen LogP contribution in [0, 0.1) is 11.8 Å². The van der Waals surface area contributed by atoms with Gasteiger partial charge in [-0.05, 0) is 48.5 Å². The molecule has 0 bridgehead atoms. The minimum Gasteiger partial charge on any atom is -0.481 e. The highest BCUT2D eigenvalue weighted by Crippen LogP contribution is 2.26. The lowest BCUT2D eigenvalue weighted by molar-refractivity contribution is -0.143. The van der Waals surface area contributed by atoms with Crippen LogP contribution < -0.4 is 5.32 Å². The Morgan fingerprint density at radius 2 is 1.91 bits per heavy atom. The van der Waals surface area contributed by atoms with E-state index in [1.54, 1.807) is 0 Å². The molecule has 1 saturated heterocycles. The lowest BCUT2D eigenvalue weighted by Crippen LogP contribution is -2.27. The Morgan fingerprint density at radius 3 is 2.59 bits per heavy atom. The average Bonchev–Trinajstić information content (AvgIpc) is 3.07. The first-order valence-corrected chi connectivity index (χ1v) is 7.82. The van der Waals surface area contributed by atoms with Gasteiger partial charge in [-0.25, -0.2) is 0 Å². The fourth-order valence-corrected chi connectivity index (χ4v) is 3.24. The summed E-state index contributed by atoms with van der Waals surface area (Å²) in [5.41, 5.74) is 3.41. The average molecular weight is 295 g/mol. The Balaban J connectivity index is 1.81. The molecule has 1 aliphatic heterocycles. The van der Waals surface area contributed by atoms with Gasteiger partial charge in [0, 0.05) is 0 Å². The number of hydrogen-bond donors (Lipinski definition) is 2. The number of aliphatic carboxylic acids is 1. The summed E-state index contributed by atoms with van der Waals surface area (Å²) in [6.07, 6.45) is 1.55. The van der Waals surface area contributed by atoms with Gasteiger partial charge >= 0.3 is 5.97 Å². The second kappa shape index (κ2) is 6.75. The van der Waals surface area contributed by atoms with Crippen molar-refractivity contribution >= 4 is 5.97 Å². The van der Waals surface area contributed by atoms with Crippen molar-refractivity contribution in [1.82, 2.24) is 5.32 Å². The van der Waals surface area contributed by atoms with Crippen LogP contribution in [-0.2, 0) is 11.2 Å². The molecule has 0 spiro atoms. The largest absolute Gasteiger partial charge is 0.481 e. The molecule has 3 heteroatoms. The fraction of sp³-hybridized carbons (Fsp3) is 0.316. The maximum Gasteiger partial charge on any atom is 0.307 e. The number of nitrogens with one attached hydrogen (secondary N) is 1. The molecular weight excluding hydrogens is 274 g/mol. The highest BCUT2D eigenvalue weighted by Gasteiger charge is 2.30. The molecule has 3 rings (SSSR count). The topological polar surface area (TPSA) is 49.3 Å². The van der Waals surface area contributed by atoms with Crippen LogP contribution in [0.2, 0.25) is 0 Å². The molecule has 2 atom stereocenters. The Labute approximate surface area is 131 Å². The van der Waals surface area contributed by atoms with Crippen molar-refractivity contribution < 1.29 is 9.90 Å². The second-order valence-electron chi connectivity index (χ2n) is 5.97. The van der Waals surface area contributed by atoms with Crippen LogP contribution in [-0.4, -0.2) is 24.2 Å². The molecule has 114 valence electrons. The molecule has 0 aromatic heterocycles. The van der Waals surface area contributed by atoms with Gasteiger partial charge in [0.1, 0.15) is 0 Å². The first-order chi connectivity index (χ1) is 10.7. The Morgan fingerprint density at radius 1 is 1.14 bits per heavy atom. The molecule has 2 aromatic carbocycles. The van der Waals surface area contributed by atoms with E-state index in [4.69, 9.17) is 0 Å². The van der Waals surface area contributed by atoms with Gasteiger partial charge in [-0.15, -0.1) is 0 Å². The molecule has 1 fully saturated rings. The van der Waals surface area contributed by atoms with E-state index in [-0.39, 0.29) is 11.8 Å². The Bertz CT molecular complexity index is 633. The number of carbonyl (C=O) groups is 1. The zero-order valence-corrected chi connectivity index (χ0v) is 12.5. The quantitative estimate of drug-likeness (QED) is 0.890. The van der Waals surface area contributed by atoms with Gasteiger partial charge in [0.25, 0.3) is 0 Å². The summed E-state index contributed by atoms with van der Waals surface area (Å²) in [5.74, 6) is -0.752. The van der Waals surface area contributed by atoms with E-state index in [9.17, 15) is 9.90 Å². The predicted molar refractivity (Wildman–Crippen MR) is 87.7 cm³/mol. The highest BCUT2D eigenvalue weighted by molar-refractivity contribution is 5.71. The Hall–Kier alpha value is -2.13. The Kier molecular flexibility index (Phi) is 4.54. The van der Waals surface area contributed by atoms with Crippen molar-refractivity contribution in [1.29, 1.82) is 0 Å². The molecule has 2 N–H and O–H groups in total. The molecule has 0 unspecified atom stereocenters. The van der Waals surface area contributed by atoms with Gasteiger partial charge in [-0.3, -0.25) is 4.79 Å². The van der Waals surface area contributed by atoms with Gasteiger partial charge in [0.05, 0.1) is 5.92 Å². The number of benzene rings is 2. The lowest BCUT2D eigenvalue weighted by Gasteiger charge is -2.19. The SMILES string of the molecule is O=C(O)[C@@H](Cc1cccc(-c2ccccc2)c1)[C@H]1CCNC1. The highest BCUT2D eigenvalue weighted by atomic mass is 16.4. The number of hydrogen-bond acceptors (Lipinski definition) is 2. The van der Waals surface area contributed by atoms with Gasteiger partial charge in [0.2, 0.25) is 0 Å². The molecule has 22 heavy (non-hydrogen) atoms. The molecule has 0 saturated carbocycles. The minimum absolute atomic E-state index is 0.234. The monoisotopic (exact) mass is 295 g/mol. The molecule has 2 aromatic rings. The summed E-state index contributed by atoms with van der Waals surface area (Å²) in [7, 11) is 0. The summed E-state index contributed by atoms with van der Waals surface area (Å²) in [6, 6.07) is 18.4. The molecule has 0 aliphatic carbocycles. The van der Waals surface area contributed by atoms with Crippen LogP contribution in [0.4, 0.5) is 0 Å². The summed E-state index contributed by atoms with van der Waals surface area (Å²) >= 11 is 0. The smallest absolute Gasteiger partial charge is 0.307 e. The zero-order valence-electron chi connectivity index (χ0n) is 12.5. The van der Waals surface area contributed by atoms with E-state index in [0.717, 1.165) is 30.6 Å². The number of carboxylic acid groups (broad SMARTS) is 1. The molecule has 3 nitrogen and oxygen atoms in total. The van der Waals surface area contributed by atoms with Gasteiger partial charge in [0.15, 0.2) is 0 Å². The van der Waals surface area contributed by atoms with Crippen LogP contribution in [0.15, 0.2) is 54.6 Å². The van der Waals surface area contributed by atoms with E-state index in [1.807, 2.05) is 30.3 Å². The van der Waals surface area contributed by atoms with Crippen LogP contribution in [0.5, 0.6) is 0 Å². The molecular formula is C19H21NO2. The second-order valence-corrected chi connectivity index (χ2v) is 5.97. The van der Waals surface area contributed by atoms with Gasteiger partial charge < -0.3 is 10.4 Å². The first kappa shape index (κ1) is 14.8. The van der Waals surface area contributed by atoms with Crippen LogP contribution in [0.25, 0.3) is 11.1 Å². The summed E-state index contributed by atoms with van der Waals surface area (Å²) < 4.78 is 0. The zero-order chi connectivity index (χ0) is 15.4. The van der Waals surface area contributed by atoms with E-state index >= 15 is 0 Å². The maximum atomic E-state index is 11.6. The minimum atomic E-state index is -0.682. The van der Waals surface area contributed by atoms with E-state index in [2.05, 4.69) is 29.6 Å². The number of rotatable bonds is 5. The van der Waals surface area contributed by atoms with Crippen molar-refractivity contribution in [2.24, 2.45) is 11.8 Å². The van der Waals surface area contributed by atoms with Crippen molar-refractivity contribution in [3.8, 4) is 11.1 Å². The fourth-order valence-electron chi connectivity index (χ4n) is 3.24.